The van der Waals surface area contributed by atoms with E-state index in [0.29, 0.717) is 12.6 Å². The van der Waals surface area contributed by atoms with Gasteiger partial charge in [0, 0.05) is 19.6 Å². The molecule has 0 bridgehead atoms. The summed E-state index contributed by atoms with van der Waals surface area (Å²) >= 11 is 0. The van der Waals surface area contributed by atoms with Gasteiger partial charge in [-0.25, -0.2) is 0 Å². The van der Waals surface area contributed by atoms with E-state index in [2.05, 4.69) is 24.1 Å². The van der Waals surface area contributed by atoms with Crippen molar-refractivity contribution >= 4 is 30.7 Å². The molecular weight excluding hydrogens is 261 g/mol. The summed E-state index contributed by atoms with van der Waals surface area (Å²) in [5, 5.41) is 3.28. The molecule has 0 aromatic carbocycles. The van der Waals surface area contributed by atoms with E-state index in [1.807, 2.05) is 11.9 Å². The van der Waals surface area contributed by atoms with E-state index in [1.54, 1.807) is 0 Å². The molecule has 6 heteroatoms. The summed E-state index contributed by atoms with van der Waals surface area (Å²) in [6, 6.07) is 0.396. The second kappa shape index (κ2) is 9.95. The van der Waals surface area contributed by atoms with Crippen LogP contribution in [0.3, 0.4) is 0 Å². The molecule has 1 fully saturated rings. The number of likely N-dealkylation sites (N-methyl/N-ethyl adjacent to an activating group) is 2. The quantitative estimate of drug-likeness (QED) is 0.819. The van der Waals surface area contributed by atoms with Gasteiger partial charge in [-0.2, -0.15) is 0 Å². The standard InChI is InChI=1S/C11H23N3O.2ClH/c1-4-14(5-2)9-11(15)13(3)10-6-7-12-8-10;;/h10,12H,4-9H2,1-3H3;2*1H. The molecule has 0 radical (unpaired) electrons. The van der Waals surface area contributed by atoms with E-state index in [0.717, 1.165) is 32.6 Å². The number of hydrogen-bond acceptors (Lipinski definition) is 3. The van der Waals surface area contributed by atoms with Crippen LogP contribution in [0.5, 0.6) is 0 Å². The molecule has 17 heavy (non-hydrogen) atoms. The van der Waals surface area contributed by atoms with Crippen LogP contribution in [0.4, 0.5) is 0 Å². The fourth-order valence-corrected chi connectivity index (χ4v) is 1.92. The number of hydrogen-bond donors (Lipinski definition) is 1. The third kappa shape index (κ3) is 5.91. The molecular formula is C11H25Cl2N3O. The van der Waals surface area contributed by atoms with Gasteiger partial charge in [-0.3, -0.25) is 9.69 Å². The van der Waals surface area contributed by atoms with Crippen LogP contribution in [0.2, 0.25) is 0 Å². The largest absolute Gasteiger partial charge is 0.340 e. The van der Waals surface area contributed by atoms with Crippen LogP contribution in [0.1, 0.15) is 20.3 Å². The first-order valence-electron chi connectivity index (χ1n) is 5.87. The fourth-order valence-electron chi connectivity index (χ4n) is 1.92. The van der Waals surface area contributed by atoms with Gasteiger partial charge in [0.05, 0.1) is 6.54 Å². The van der Waals surface area contributed by atoms with Crippen molar-refractivity contribution in [3.63, 3.8) is 0 Å². The SMILES string of the molecule is CCN(CC)CC(=O)N(C)C1CCNC1.Cl.Cl. The molecule has 0 aliphatic carbocycles. The summed E-state index contributed by atoms with van der Waals surface area (Å²) < 4.78 is 0. The highest BCUT2D eigenvalue weighted by molar-refractivity contribution is 5.85. The molecule has 104 valence electrons. The maximum absolute atomic E-state index is 11.9. The first kappa shape index (κ1) is 19.3. The maximum atomic E-state index is 11.9. The Labute approximate surface area is 117 Å². The second-order valence-electron chi connectivity index (χ2n) is 4.11. The minimum atomic E-state index is 0. The van der Waals surface area contributed by atoms with Crippen LogP contribution in [0.15, 0.2) is 0 Å². The number of nitrogens with zero attached hydrogens (tertiary/aromatic N) is 2. The van der Waals surface area contributed by atoms with Crippen molar-refractivity contribution in [2.75, 3.05) is 39.8 Å². The molecule has 1 N–H and O–H groups in total. The van der Waals surface area contributed by atoms with Crippen molar-refractivity contribution in [3.05, 3.63) is 0 Å². The number of nitrogens with one attached hydrogen (secondary N) is 1. The van der Waals surface area contributed by atoms with E-state index in [4.69, 9.17) is 0 Å². The van der Waals surface area contributed by atoms with Crippen molar-refractivity contribution in [2.45, 2.75) is 26.3 Å². The van der Waals surface area contributed by atoms with Crippen molar-refractivity contribution in [3.8, 4) is 0 Å². The summed E-state index contributed by atoms with van der Waals surface area (Å²) in [5.41, 5.74) is 0. The normalized spacial score (nSPS) is 18.5. The molecule has 0 spiro atoms. The van der Waals surface area contributed by atoms with Gasteiger partial charge in [0.2, 0.25) is 5.91 Å². The third-order valence-electron chi connectivity index (χ3n) is 3.23. The predicted octanol–water partition coefficient (Wildman–Crippen LogP) is 0.992. The van der Waals surface area contributed by atoms with Gasteiger partial charge >= 0.3 is 0 Å². The molecule has 0 aromatic heterocycles. The first-order valence-corrected chi connectivity index (χ1v) is 5.87. The lowest BCUT2D eigenvalue weighted by Crippen LogP contribution is -2.44. The summed E-state index contributed by atoms with van der Waals surface area (Å²) in [6.07, 6.45) is 1.08. The van der Waals surface area contributed by atoms with Crippen molar-refractivity contribution in [1.29, 1.82) is 0 Å². The Bertz CT molecular complexity index is 207. The average Bonchev–Trinajstić information content (AvgIpc) is 2.77. The summed E-state index contributed by atoms with van der Waals surface area (Å²) in [4.78, 5) is 16.0. The van der Waals surface area contributed by atoms with Gasteiger partial charge in [0.25, 0.3) is 0 Å². The molecule has 1 aliphatic heterocycles. The first-order chi connectivity index (χ1) is 7.19. The smallest absolute Gasteiger partial charge is 0.236 e. The molecule has 1 atom stereocenters. The lowest BCUT2D eigenvalue weighted by Gasteiger charge is -2.27. The molecule has 0 saturated carbocycles. The van der Waals surface area contributed by atoms with Gasteiger partial charge < -0.3 is 10.2 Å². The molecule has 1 heterocycles. The van der Waals surface area contributed by atoms with Crippen molar-refractivity contribution in [2.24, 2.45) is 0 Å². The Morgan fingerprint density at radius 2 is 1.88 bits per heavy atom. The number of carbonyl (C=O) groups is 1. The van der Waals surface area contributed by atoms with Crippen LogP contribution < -0.4 is 5.32 Å². The molecule has 4 nitrogen and oxygen atoms in total. The van der Waals surface area contributed by atoms with E-state index in [-0.39, 0.29) is 30.7 Å². The third-order valence-corrected chi connectivity index (χ3v) is 3.23. The number of rotatable bonds is 5. The Balaban J connectivity index is 0. The van der Waals surface area contributed by atoms with Gasteiger partial charge in [-0.1, -0.05) is 13.8 Å². The van der Waals surface area contributed by atoms with Crippen LogP contribution in [0.25, 0.3) is 0 Å². The Kier molecular flexibility index (Phi) is 11.3. The molecule has 0 aromatic rings. The monoisotopic (exact) mass is 285 g/mol. The lowest BCUT2D eigenvalue weighted by atomic mass is 10.2. The summed E-state index contributed by atoms with van der Waals surface area (Å²) in [7, 11) is 1.92. The number of amides is 1. The minimum Gasteiger partial charge on any atom is -0.340 e. The Hall–Kier alpha value is -0.0300. The summed E-state index contributed by atoms with van der Waals surface area (Å²) in [6.45, 7) is 8.61. The molecule has 1 amide bonds. The predicted molar refractivity (Wildman–Crippen MR) is 76.3 cm³/mol. The highest BCUT2D eigenvalue weighted by Crippen LogP contribution is 2.06. The maximum Gasteiger partial charge on any atom is 0.236 e. The molecule has 1 saturated heterocycles. The van der Waals surface area contributed by atoms with Gasteiger partial charge in [0.1, 0.15) is 0 Å². The van der Waals surface area contributed by atoms with Crippen molar-refractivity contribution < 1.29 is 4.79 Å². The lowest BCUT2D eigenvalue weighted by molar-refractivity contribution is -0.132. The highest BCUT2D eigenvalue weighted by Gasteiger charge is 2.23. The van der Waals surface area contributed by atoms with Crippen molar-refractivity contribution in [1.82, 2.24) is 15.1 Å². The Morgan fingerprint density at radius 1 is 1.29 bits per heavy atom. The van der Waals surface area contributed by atoms with E-state index in [9.17, 15) is 4.79 Å². The zero-order valence-corrected chi connectivity index (χ0v) is 12.6. The van der Waals surface area contributed by atoms with E-state index in [1.165, 1.54) is 0 Å². The molecule has 1 unspecified atom stereocenters. The minimum absolute atomic E-state index is 0. The van der Waals surface area contributed by atoms with Gasteiger partial charge in [0.15, 0.2) is 0 Å². The zero-order chi connectivity index (χ0) is 11.3. The van der Waals surface area contributed by atoms with E-state index >= 15 is 0 Å². The van der Waals surface area contributed by atoms with Gasteiger partial charge in [-0.05, 0) is 26.1 Å². The second-order valence-corrected chi connectivity index (χ2v) is 4.11. The van der Waals surface area contributed by atoms with Crippen LogP contribution in [0, 0.1) is 0 Å². The molecule has 1 rings (SSSR count). The van der Waals surface area contributed by atoms with Crippen LogP contribution in [-0.4, -0.2) is 61.5 Å². The van der Waals surface area contributed by atoms with E-state index < -0.39 is 0 Å². The number of carbonyl (C=O) groups excluding carboxylic acids is 1. The summed E-state index contributed by atoms with van der Waals surface area (Å²) in [5.74, 6) is 0.243. The topological polar surface area (TPSA) is 35.6 Å². The highest BCUT2D eigenvalue weighted by atomic mass is 35.5. The van der Waals surface area contributed by atoms with Gasteiger partial charge in [-0.15, -0.1) is 24.8 Å². The zero-order valence-electron chi connectivity index (χ0n) is 10.9. The molecule has 1 aliphatic rings. The fraction of sp³-hybridized carbons (Fsp3) is 0.909. The van der Waals surface area contributed by atoms with Crippen LogP contribution >= 0.6 is 24.8 Å². The number of halogens is 2. The van der Waals surface area contributed by atoms with Crippen LogP contribution in [-0.2, 0) is 4.79 Å². The Morgan fingerprint density at radius 3 is 2.29 bits per heavy atom. The average molecular weight is 286 g/mol.